The molecule has 2 aliphatic rings. The molecule has 0 spiro atoms. The number of carbonyl (C=O) groups excluding carboxylic acids is 1. The molecular formula is C16H30N2O3. The molecule has 0 aromatic heterocycles. The summed E-state index contributed by atoms with van der Waals surface area (Å²) >= 11 is 0. The Labute approximate surface area is 128 Å². The number of hydrogen-bond donors (Lipinski definition) is 1. The number of aliphatic hydroxyl groups is 1. The van der Waals surface area contributed by atoms with Crippen molar-refractivity contribution >= 4 is 5.91 Å². The van der Waals surface area contributed by atoms with E-state index in [2.05, 4.69) is 11.8 Å². The summed E-state index contributed by atoms with van der Waals surface area (Å²) in [5, 5.41) is 9.39. The number of amides is 1. The van der Waals surface area contributed by atoms with Crippen molar-refractivity contribution in [1.29, 1.82) is 0 Å². The Kier molecular flexibility index (Phi) is 6.02. The Balaban J connectivity index is 1.87. The summed E-state index contributed by atoms with van der Waals surface area (Å²) < 4.78 is 5.18. The third-order valence-corrected chi connectivity index (χ3v) is 5.35. The lowest BCUT2D eigenvalue weighted by Crippen LogP contribution is -2.57. The second kappa shape index (κ2) is 7.56. The van der Waals surface area contributed by atoms with Crippen LogP contribution in [0, 0.1) is 5.41 Å². The number of carbonyl (C=O) groups is 1. The first-order chi connectivity index (χ1) is 10.2. The van der Waals surface area contributed by atoms with Crippen LogP contribution in [0.3, 0.4) is 0 Å². The number of nitrogens with zero attached hydrogens (tertiary/aromatic N) is 2. The lowest BCUT2D eigenvalue weighted by molar-refractivity contribution is -0.151. The predicted molar refractivity (Wildman–Crippen MR) is 82.1 cm³/mol. The summed E-state index contributed by atoms with van der Waals surface area (Å²) in [6.07, 6.45) is 5.02. The van der Waals surface area contributed by atoms with Gasteiger partial charge in [-0.1, -0.05) is 13.3 Å². The van der Waals surface area contributed by atoms with E-state index in [0.717, 1.165) is 58.3 Å². The SMILES string of the molecule is CCC(CO)N1CCN(C(=O)C2(CCOC)CCC2)CC1. The fourth-order valence-electron chi connectivity index (χ4n) is 3.60. The molecule has 122 valence electrons. The van der Waals surface area contributed by atoms with Gasteiger partial charge in [-0.15, -0.1) is 0 Å². The molecule has 2 rings (SSSR count). The fraction of sp³-hybridized carbons (Fsp3) is 0.938. The standard InChI is InChI=1S/C16H30N2O3/c1-3-14(13-19)17-8-10-18(11-9-17)15(20)16(5-4-6-16)7-12-21-2/h14,19H,3-13H2,1-2H3. The zero-order valence-electron chi connectivity index (χ0n) is 13.5. The van der Waals surface area contributed by atoms with Crippen molar-refractivity contribution in [2.75, 3.05) is 46.5 Å². The van der Waals surface area contributed by atoms with Crippen molar-refractivity contribution in [2.24, 2.45) is 5.41 Å². The zero-order valence-corrected chi connectivity index (χ0v) is 13.5. The van der Waals surface area contributed by atoms with Gasteiger partial charge in [0.1, 0.15) is 0 Å². The fourth-order valence-corrected chi connectivity index (χ4v) is 3.60. The summed E-state index contributed by atoms with van der Waals surface area (Å²) in [5.74, 6) is 0.336. The number of aliphatic hydroxyl groups excluding tert-OH is 1. The lowest BCUT2D eigenvalue weighted by Gasteiger charge is -2.46. The minimum absolute atomic E-state index is 0.140. The van der Waals surface area contributed by atoms with Crippen LogP contribution in [0.1, 0.15) is 39.0 Å². The summed E-state index contributed by atoms with van der Waals surface area (Å²) in [5.41, 5.74) is -0.140. The van der Waals surface area contributed by atoms with Gasteiger partial charge in [-0.25, -0.2) is 0 Å². The minimum Gasteiger partial charge on any atom is -0.395 e. The van der Waals surface area contributed by atoms with Crippen molar-refractivity contribution in [3.63, 3.8) is 0 Å². The Bertz CT molecular complexity index is 332. The molecule has 1 saturated carbocycles. The van der Waals surface area contributed by atoms with E-state index in [0.29, 0.717) is 12.5 Å². The van der Waals surface area contributed by atoms with Gasteiger partial charge in [0.2, 0.25) is 5.91 Å². The van der Waals surface area contributed by atoms with Gasteiger partial charge in [0.25, 0.3) is 0 Å². The Morgan fingerprint density at radius 2 is 1.95 bits per heavy atom. The Morgan fingerprint density at radius 3 is 2.38 bits per heavy atom. The van der Waals surface area contributed by atoms with Crippen molar-refractivity contribution in [3.05, 3.63) is 0 Å². The van der Waals surface area contributed by atoms with Crippen LogP contribution in [0.15, 0.2) is 0 Å². The maximum atomic E-state index is 12.8. The van der Waals surface area contributed by atoms with E-state index in [1.807, 2.05) is 4.90 Å². The average molecular weight is 298 g/mol. The normalized spacial score (nSPS) is 23.7. The second-order valence-electron chi connectivity index (χ2n) is 6.45. The largest absolute Gasteiger partial charge is 0.395 e. The monoisotopic (exact) mass is 298 g/mol. The van der Waals surface area contributed by atoms with E-state index in [1.54, 1.807) is 7.11 Å². The van der Waals surface area contributed by atoms with E-state index in [9.17, 15) is 9.90 Å². The van der Waals surface area contributed by atoms with Crippen molar-refractivity contribution in [1.82, 2.24) is 9.80 Å². The van der Waals surface area contributed by atoms with Crippen LogP contribution in [0.4, 0.5) is 0 Å². The molecule has 5 nitrogen and oxygen atoms in total. The average Bonchev–Trinajstić information content (AvgIpc) is 2.48. The number of rotatable bonds is 7. The summed E-state index contributed by atoms with van der Waals surface area (Å²) in [7, 11) is 1.70. The third kappa shape index (κ3) is 3.58. The van der Waals surface area contributed by atoms with Gasteiger partial charge in [-0.2, -0.15) is 0 Å². The van der Waals surface area contributed by atoms with Crippen molar-refractivity contribution < 1.29 is 14.6 Å². The molecule has 0 radical (unpaired) electrons. The Hall–Kier alpha value is -0.650. The molecule has 1 saturated heterocycles. The highest BCUT2D eigenvalue weighted by Gasteiger charge is 2.46. The predicted octanol–water partition coefficient (Wildman–Crippen LogP) is 1.11. The third-order valence-electron chi connectivity index (χ3n) is 5.35. The summed E-state index contributed by atoms with van der Waals surface area (Å²) in [4.78, 5) is 17.2. The molecule has 2 fully saturated rings. The highest BCUT2D eigenvalue weighted by molar-refractivity contribution is 5.83. The molecule has 1 unspecified atom stereocenters. The molecule has 1 N–H and O–H groups in total. The molecule has 1 amide bonds. The molecule has 21 heavy (non-hydrogen) atoms. The number of hydrogen-bond acceptors (Lipinski definition) is 4. The smallest absolute Gasteiger partial charge is 0.228 e. The first kappa shape index (κ1) is 16.7. The molecule has 0 aromatic rings. The lowest BCUT2D eigenvalue weighted by atomic mass is 9.65. The first-order valence-electron chi connectivity index (χ1n) is 8.30. The van der Waals surface area contributed by atoms with Crippen LogP contribution in [-0.2, 0) is 9.53 Å². The van der Waals surface area contributed by atoms with Crippen LogP contribution in [0.2, 0.25) is 0 Å². The molecule has 0 aromatic carbocycles. The number of methoxy groups -OCH3 is 1. The highest BCUT2D eigenvalue weighted by Crippen LogP contribution is 2.45. The van der Waals surface area contributed by atoms with Crippen LogP contribution in [0.25, 0.3) is 0 Å². The van der Waals surface area contributed by atoms with Crippen LogP contribution >= 0.6 is 0 Å². The van der Waals surface area contributed by atoms with Gasteiger partial charge in [-0.3, -0.25) is 9.69 Å². The van der Waals surface area contributed by atoms with Crippen molar-refractivity contribution in [3.8, 4) is 0 Å². The van der Waals surface area contributed by atoms with Crippen LogP contribution in [-0.4, -0.2) is 73.4 Å². The molecule has 1 atom stereocenters. The van der Waals surface area contributed by atoms with Gasteiger partial charge in [0.15, 0.2) is 0 Å². The molecular weight excluding hydrogens is 268 g/mol. The van der Waals surface area contributed by atoms with Gasteiger partial charge in [-0.05, 0) is 25.7 Å². The van der Waals surface area contributed by atoms with E-state index >= 15 is 0 Å². The number of piperazine rings is 1. The van der Waals surface area contributed by atoms with Gasteiger partial charge in [0, 0.05) is 45.9 Å². The van der Waals surface area contributed by atoms with Crippen LogP contribution in [0.5, 0.6) is 0 Å². The van der Waals surface area contributed by atoms with E-state index in [-0.39, 0.29) is 18.1 Å². The maximum absolute atomic E-state index is 12.8. The van der Waals surface area contributed by atoms with Crippen LogP contribution < -0.4 is 0 Å². The second-order valence-corrected chi connectivity index (χ2v) is 6.45. The van der Waals surface area contributed by atoms with Gasteiger partial charge >= 0.3 is 0 Å². The molecule has 5 heteroatoms. The molecule has 1 aliphatic carbocycles. The van der Waals surface area contributed by atoms with E-state index in [1.165, 1.54) is 0 Å². The highest BCUT2D eigenvalue weighted by atomic mass is 16.5. The van der Waals surface area contributed by atoms with Gasteiger partial charge in [0.05, 0.1) is 12.0 Å². The quantitative estimate of drug-likeness (QED) is 0.765. The molecule has 1 aliphatic heterocycles. The van der Waals surface area contributed by atoms with E-state index in [4.69, 9.17) is 4.74 Å². The van der Waals surface area contributed by atoms with Gasteiger partial charge < -0.3 is 14.7 Å². The number of ether oxygens (including phenoxy) is 1. The summed E-state index contributed by atoms with van der Waals surface area (Å²) in [6.45, 7) is 6.34. The van der Waals surface area contributed by atoms with E-state index < -0.39 is 0 Å². The minimum atomic E-state index is -0.140. The molecule has 0 bridgehead atoms. The Morgan fingerprint density at radius 1 is 1.29 bits per heavy atom. The maximum Gasteiger partial charge on any atom is 0.228 e. The van der Waals surface area contributed by atoms with Crippen molar-refractivity contribution in [2.45, 2.75) is 45.1 Å². The first-order valence-corrected chi connectivity index (χ1v) is 8.30. The topological polar surface area (TPSA) is 53.0 Å². The molecule has 1 heterocycles. The zero-order chi connectivity index (χ0) is 15.3. The summed E-state index contributed by atoms with van der Waals surface area (Å²) in [6, 6.07) is 0.244.